The summed E-state index contributed by atoms with van der Waals surface area (Å²) in [6.45, 7) is 4.54. The van der Waals surface area contributed by atoms with Crippen LogP contribution < -0.4 is 0 Å². The van der Waals surface area contributed by atoms with E-state index in [0.717, 1.165) is 43.4 Å². The maximum Gasteiger partial charge on any atom is 0.0689 e. The van der Waals surface area contributed by atoms with E-state index in [1.54, 1.807) is 0 Å². The molecule has 2 rings (SSSR count). The van der Waals surface area contributed by atoms with E-state index in [1.165, 1.54) is 70.6 Å². The summed E-state index contributed by atoms with van der Waals surface area (Å²) in [6, 6.07) is 2.73. The van der Waals surface area contributed by atoms with Crippen LogP contribution in [0, 0.1) is 34.5 Å². The molecule has 0 heterocycles. The first-order chi connectivity index (χ1) is 12.2. The van der Waals surface area contributed by atoms with Crippen LogP contribution in [0.3, 0.4) is 0 Å². The van der Waals surface area contributed by atoms with Gasteiger partial charge in [-0.1, -0.05) is 64.5 Å². The molecule has 25 heavy (non-hydrogen) atoms. The Morgan fingerprint density at radius 1 is 0.880 bits per heavy atom. The van der Waals surface area contributed by atoms with E-state index < -0.39 is 0 Å². The van der Waals surface area contributed by atoms with Crippen molar-refractivity contribution in [2.75, 3.05) is 0 Å². The maximum atomic E-state index is 9.78. The lowest BCUT2D eigenvalue weighted by molar-refractivity contribution is 0.116. The topological polar surface area (TPSA) is 23.8 Å². The summed E-state index contributed by atoms with van der Waals surface area (Å²) >= 11 is 0. The largest absolute Gasteiger partial charge is 0.198 e. The summed E-state index contributed by atoms with van der Waals surface area (Å²) in [6.07, 6.45) is 24.3. The van der Waals surface area contributed by atoms with Crippen molar-refractivity contribution in [1.82, 2.24) is 0 Å². The normalized spacial score (nSPS) is 33.4. The van der Waals surface area contributed by atoms with Gasteiger partial charge in [-0.05, 0) is 75.5 Å². The lowest BCUT2D eigenvalue weighted by Gasteiger charge is -2.40. The molecule has 142 valence electrons. The Hall–Kier alpha value is -0.770. The van der Waals surface area contributed by atoms with Crippen molar-refractivity contribution in [3.63, 3.8) is 0 Å². The van der Waals surface area contributed by atoms with Gasteiger partial charge in [0.15, 0.2) is 0 Å². The lowest BCUT2D eigenvalue weighted by atomic mass is 9.63. The number of nitrogens with zero attached hydrogens (tertiary/aromatic N) is 1. The summed E-state index contributed by atoms with van der Waals surface area (Å²) in [4.78, 5) is 0. The van der Waals surface area contributed by atoms with Gasteiger partial charge in [0.05, 0.1) is 11.5 Å². The highest BCUT2D eigenvalue weighted by atomic mass is 14.4. The van der Waals surface area contributed by atoms with Crippen molar-refractivity contribution in [2.45, 2.75) is 110 Å². The van der Waals surface area contributed by atoms with Crippen LogP contribution in [0.15, 0.2) is 12.2 Å². The molecule has 2 saturated carbocycles. The molecule has 1 heteroatoms. The van der Waals surface area contributed by atoms with Gasteiger partial charge in [0.2, 0.25) is 0 Å². The number of allylic oxidation sites excluding steroid dienone is 2. The van der Waals surface area contributed by atoms with Crippen LogP contribution in [-0.4, -0.2) is 0 Å². The fourth-order valence-electron chi connectivity index (χ4n) is 5.28. The first-order valence-corrected chi connectivity index (χ1v) is 11.3. The molecule has 2 aliphatic carbocycles. The molecule has 2 fully saturated rings. The first-order valence-electron chi connectivity index (χ1n) is 11.3. The lowest BCUT2D eigenvalue weighted by Crippen LogP contribution is -2.31. The molecule has 0 spiro atoms. The molecule has 0 radical (unpaired) electrons. The van der Waals surface area contributed by atoms with Gasteiger partial charge < -0.3 is 0 Å². The Morgan fingerprint density at radius 3 is 2.12 bits per heavy atom. The van der Waals surface area contributed by atoms with Crippen LogP contribution in [0.4, 0.5) is 0 Å². The third kappa shape index (κ3) is 6.47. The molecular formula is C24H41N. The number of unbranched alkanes of at least 4 members (excludes halogenated alkanes) is 2. The molecule has 0 unspecified atom stereocenters. The van der Waals surface area contributed by atoms with Crippen molar-refractivity contribution < 1.29 is 0 Å². The van der Waals surface area contributed by atoms with Gasteiger partial charge >= 0.3 is 0 Å². The molecule has 0 aliphatic heterocycles. The smallest absolute Gasteiger partial charge is 0.0689 e. The second kappa shape index (κ2) is 11.1. The zero-order chi connectivity index (χ0) is 18.0. The second-order valence-corrected chi connectivity index (χ2v) is 8.95. The van der Waals surface area contributed by atoms with Crippen LogP contribution in [0.2, 0.25) is 0 Å². The number of hydrogen-bond acceptors (Lipinski definition) is 1. The molecule has 0 aromatic carbocycles. The zero-order valence-electron chi connectivity index (χ0n) is 16.9. The predicted octanol–water partition coefficient (Wildman–Crippen LogP) is 7.82. The van der Waals surface area contributed by atoms with Crippen LogP contribution in [-0.2, 0) is 0 Å². The van der Waals surface area contributed by atoms with Crippen molar-refractivity contribution in [1.29, 1.82) is 5.26 Å². The van der Waals surface area contributed by atoms with E-state index in [-0.39, 0.29) is 5.41 Å². The van der Waals surface area contributed by atoms with Crippen LogP contribution >= 0.6 is 0 Å². The molecule has 0 saturated heterocycles. The van der Waals surface area contributed by atoms with E-state index in [2.05, 4.69) is 32.1 Å². The highest BCUT2D eigenvalue weighted by Crippen LogP contribution is 2.47. The molecule has 0 amide bonds. The quantitative estimate of drug-likeness (QED) is 0.391. The average Bonchev–Trinajstić information content (AvgIpc) is 2.67. The standard InChI is InChI=1S/C24H41N/c1-3-5-7-8-9-17-24(20-25)18-15-23(16-19-24)22-13-11-21(12-14-22)10-6-4-2/h7-8,21-23H,3-6,9-19H2,1-2H3/b8-7+/t21?,22?,23-,24+. The van der Waals surface area contributed by atoms with E-state index >= 15 is 0 Å². The first kappa shape index (κ1) is 20.5. The third-order valence-electron chi connectivity index (χ3n) is 7.16. The SMILES string of the molecule is CCC/C=C/CC[C@]1(C#N)CC[C@@H](C2CCC(CCCC)CC2)CC1. The van der Waals surface area contributed by atoms with Crippen molar-refractivity contribution >= 4 is 0 Å². The van der Waals surface area contributed by atoms with Crippen LogP contribution in [0.1, 0.15) is 110 Å². The van der Waals surface area contributed by atoms with Gasteiger partial charge in [-0.2, -0.15) is 5.26 Å². The molecule has 0 aromatic rings. The Balaban J connectivity index is 1.72. The molecule has 0 N–H and O–H groups in total. The summed E-state index contributed by atoms with van der Waals surface area (Å²) < 4.78 is 0. The number of rotatable bonds is 9. The van der Waals surface area contributed by atoms with Crippen molar-refractivity contribution in [3.05, 3.63) is 12.2 Å². The number of nitriles is 1. The van der Waals surface area contributed by atoms with E-state index in [0.29, 0.717) is 0 Å². The Kier molecular flexibility index (Phi) is 9.08. The molecular weight excluding hydrogens is 302 g/mol. The molecule has 2 aliphatic rings. The third-order valence-corrected chi connectivity index (χ3v) is 7.16. The van der Waals surface area contributed by atoms with Crippen LogP contribution in [0.5, 0.6) is 0 Å². The second-order valence-electron chi connectivity index (χ2n) is 8.95. The maximum absolute atomic E-state index is 9.78. The minimum atomic E-state index is -0.00855. The summed E-state index contributed by atoms with van der Waals surface area (Å²) in [7, 11) is 0. The minimum absolute atomic E-state index is 0.00855. The van der Waals surface area contributed by atoms with Gasteiger partial charge in [-0.25, -0.2) is 0 Å². The summed E-state index contributed by atoms with van der Waals surface area (Å²) in [5, 5.41) is 9.78. The molecule has 0 aromatic heterocycles. The minimum Gasteiger partial charge on any atom is -0.198 e. The van der Waals surface area contributed by atoms with Gasteiger partial charge in [-0.3, -0.25) is 0 Å². The fourth-order valence-corrected chi connectivity index (χ4v) is 5.28. The fraction of sp³-hybridized carbons (Fsp3) is 0.875. The average molecular weight is 344 g/mol. The van der Waals surface area contributed by atoms with Crippen molar-refractivity contribution in [3.8, 4) is 6.07 Å². The Morgan fingerprint density at radius 2 is 1.52 bits per heavy atom. The Bertz CT molecular complexity index is 414. The monoisotopic (exact) mass is 343 g/mol. The summed E-state index contributed by atoms with van der Waals surface area (Å²) in [5.41, 5.74) is -0.00855. The van der Waals surface area contributed by atoms with Gasteiger partial charge in [0.1, 0.15) is 0 Å². The van der Waals surface area contributed by atoms with Crippen molar-refractivity contribution in [2.24, 2.45) is 23.2 Å². The van der Waals surface area contributed by atoms with Gasteiger partial charge in [0.25, 0.3) is 0 Å². The van der Waals surface area contributed by atoms with Crippen LogP contribution in [0.25, 0.3) is 0 Å². The highest BCUT2D eigenvalue weighted by molar-refractivity contribution is 5.03. The Labute approximate surface area is 157 Å². The van der Waals surface area contributed by atoms with E-state index in [4.69, 9.17) is 0 Å². The number of hydrogen-bond donors (Lipinski definition) is 0. The zero-order valence-corrected chi connectivity index (χ0v) is 16.9. The summed E-state index contributed by atoms with van der Waals surface area (Å²) in [5.74, 6) is 2.91. The van der Waals surface area contributed by atoms with E-state index in [9.17, 15) is 5.26 Å². The molecule has 1 nitrogen and oxygen atoms in total. The van der Waals surface area contributed by atoms with Gasteiger partial charge in [0, 0.05) is 0 Å². The molecule has 0 bridgehead atoms. The predicted molar refractivity (Wildman–Crippen MR) is 108 cm³/mol. The van der Waals surface area contributed by atoms with E-state index in [1.807, 2.05) is 0 Å². The molecule has 0 atom stereocenters. The van der Waals surface area contributed by atoms with Gasteiger partial charge in [-0.15, -0.1) is 0 Å². The highest BCUT2D eigenvalue weighted by Gasteiger charge is 2.38.